The first kappa shape index (κ1) is 25.5. The molecule has 0 fully saturated rings. The lowest BCUT2D eigenvalue weighted by Gasteiger charge is -2.22. The molecule has 0 amide bonds. The number of aliphatic hydroxyl groups excluding tert-OH is 1. The number of rotatable bonds is 13. The van der Waals surface area contributed by atoms with E-state index in [0.29, 0.717) is 18.1 Å². The summed E-state index contributed by atoms with van der Waals surface area (Å²) in [4.78, 5) is 34.9. The first-order chi connectivity index (χ1) is 12.5. The van der Waals surface area contributed by atoms with Gasteiger partial charge in [0.15, 0.2) is 0 Å². The quantitative estimate of drug-likeness (QED) is 0.216. The van der Waals surface area contributed by atoms with Crippen LogP contribution in [0.1, 0.15) is 41.0 Å². The van der Waals surface area contributed by atoms with Crippen LogP contribution in [-0.4, -0.2) is 60.4 Å². The summed E-state index contributed by atoms with van der Waals surface area (Å²) in [5, 5.41) is 9.62. The highest BCUT2D eigenvalue weighted by Crippen LogP contribution is 2.24. The molecule has 1 unspecified atom stereocenters. The van der Waals surface area contributed by atoms with Crippen molar-refractivity contribution in [3.05, 3.63) is 12.2 Å². The Bertz CT molecular complexity index is 514. The third-order valence-electron chi connectivity index (χ3n) is 3.21. The Kier molecular flexibility index (Phi) is 12.0. The number of hydrogen-bond donors (Lipinski definition) is 1. The second-order valence-corrected chi connectivity index (χ2v) is 8.50. The van der Waals surface area contributed by atoms with Crippen LogP contribution in [0.4, 0.5) is 0 Å². The van der Waals surface area contributed by atoms with E-state index in [4.69, 9.17) is 14.2 Å². The second-order valence-electron chi connectivity index (χ2n) is 7.39. The van der Waals surface area contributed by atoms with Gasteiger partial charge < -0.3 is 19.3 Å². The van der Waals surface area contributed by atoms with Gasteiger partial charge in [-0.05, 0) is 26.7 Å². The Hall–Kier alpha value is -1.54. The van der Waals surface area contributed by atoms with E-state index in [0.717, 1.165) is 0 Å². The molecule has 0 aromatic carbocycles. The highest BCUT2D eigenvalue weighted by Gasteiger charge is 2.29. The number of thioether (sulfide) groups is 1. The minimum absolute atomic E-state index is 0.153. The van der Waals surface area contributed by atoms with E-state index in [1.54, 1.807) is 0 Å². The first-order valence-electron chi connectivity index (χ1n) is 8.87. The van der Waals surface area contributed by atoms with Gasteiger partial charge in [-0.25, -0.2) is 4.79 Å². The molecule has 8 heteroatoms. The van der Waals surface area contributed by atoms with E-state index >= 15 is 0 Å². The zero-order chi connectivity index (χ0) is 21.0. The Balaban J connectivity index is 3.94. The van der Waals surface area contributed by atoms with Crippen LogP contribution < -0.4 is 0 Å². The molecular weight excluding hydrogens is 372 g/mol. The average molecular weight is 405 g/mol. The molecule has 0 bridgehead atoms. The fourth-order valence-corrected chi connectivity index (χ4v) is 2.67. The van der Waals surface area contributed by atoms with Gasteiger partial charge in [0, 0.05) is 17.1 Å². The largest absolute Gasteiger partial charge is 0.465 e. The van der Waals surface area contributed by atoms with Crippen LogP contribution in [0.2, 0.25) is 0 Å². The van der Waals surface area contributed by atoms with Gasteiger partial charge in [0.05, 0.1) is 18.4 Å². The highest BCUT2D eigenvalue weighted by molar-refractivity contribution is 7.99. The maximum absolute atomic E-state index is 12.0. The molecule has 1 N–H and O–H groups in total. The average Bonchev–Trinajstić information content (AvgIpc) is 2.58. The molecule has 0 heterocycles. The van der Waals surface area contributed by atoms with E-state index < -0.39 is 23.5 Å². The summed E-state index contributed by atoms with van der Waals surface area (Å²) in [6.07, 6.45) is -0.931. The van der Waals surface area contributed by atoms with Crippen molar-refractivity contribution in [3.8, 4) is 0 Å². The standard InChI is InChI=1S/C19H32O7S/c1-13(2)9-26-18(23)19(5,6)12-27-8-7-16(21)24-10-15(20)11-25-17(22)14(3)4/h13,15,20H,3,7-12H2,1-2,4-6H3. The van der Waals surface area contributed by atoms with E-state index in [9.17, 15) is 19.5 Å². The molecule has 0 saturated carbocycles. The van der Waals surface area contributed by atoms with Crippen molar-refractivity contribution in [2.24, 2.45) is 11.3 Å². The van der Waals surface area contributed by atoms with Crippen molar-refractivity contribution in [2.45, 2.75) is 47.1 Å². The Morgan fingerprint density at radius 2 is 1.67 bits per heavy atom. The van der Waals surface area contributed by atoms with Gasteiger partial charge in [-0.3, -0.25) is 9.59 Å². The number of carbonyl (C=O) groups is 3. The lowest BCUT2D eigenvalue weighted by molar-refractivity contribution is -0.153. The molecule has 156 valence electrons. The fourth-order valence-electron chi connectivity index (χ4n) is 1.58. The molecule has 0 rings (SSSR count). The molecule has 0 aliphatic rings. The monoisotopic (exact) mass is 404 g/mol. The van der Waals surface area contributed by atoms with E-state index in [2.05, 4.69) is 6.58 Å². The molecule has 0 spiro atoms. The van der Waals surface area contributed by atoms with Crippen molar-refractivity contribution in [1.29, 1.82) is 0 Å². The summed E-state index contributed by atoms with van der Waals surface area (Å²) in [5.74, 6) is -0.0261. The van der Waals surface area contributed by atoms with Crippen molar-refractivity contribution in [3.63, 3.8) is 0 Å². The van der Waals surface area contributed by atoms with Gasteiger partial charge in [0.2, 0.25) is 0 Å². The first-order valence-corrected chi connectivity index (χ1v) is 10.0. The Morgan fingerprint density at radius 1 is 1.07 bits per heavy atom. The number of carbonyl (C=O) groups excluding carboxylic acids is 3. The summed E-state index contributed by atoms with van der Waals surface area (Å²) in [6.45, 7) is 12.4. The summed E-state index contributed by atoms with van der Waals surface area (Å²) < 4.78 is 14.9. The number of esters is 3. The van der Waals surface area contributed by atoms with Crippen LogP contribution in [-0.2, 0) is 28.6 Å². The van der Waals surface area contributed by atoms with Crippen LogP contribution in [0.15, 0.2) is 12.2 Å². The van der Waals surface area contributed by atoms with Crippen molar-refractivity contribution in [2.75, 3.05) is 31.3 Å². The minimum atomic E-state index is -1.08. The van der Waals surface area contributed by atoms with Crippen LogP contribution in [0, 0.1) is 11.3 Å². The third-order valence-corrected chi connectivity index (χ3v) is 4.62. The molecule has 0 aliphatic heterocycles. The minimum Gasteiger partial charge on any atom is -0.465 e. The molecule has 0 aliphatic carbocycles. The maximum atomic E-state index is 12.0. The van der Waals surface area contributed by atoms with Crippen LogP contribution >= 0.6 is 11.8 Å². The third kappa shape index (κ3) is 12.5. The summed E-state index contributed by atoms with van der Waals surface area (Å²) in [5.41, 5.74) is -0.403. The molecule has 0 aromatic rings. The summed E-state index contributed by atoms with van der Waals surface area (Å²) >= 11 is 1.46. The van der Waals surface area contributed by atoms with Gasteiger partial charge in [-0.1, -0.05) is 20.4 Å². The van der Waals surface area contributed by atoms with Gasteiger partial charge in [0.1, 0.15) is 19.3 Å². The summed E-state index contributed by atoms with van der Waals surface area (Å²) in [7, 11) is 0. The number of aliphatic hydroxyl groups is 1. The molecule has 0 radical (unpaired) electrons. The zero-order valence-electron chi connectivity index (χ0n) is 16.9. The molecule has 1 atom stereocenters. The zero-order valence-corrected chi connectivity index (χ0v) is 17.7. The predicted molar refractivity (Wildman–Crippen MR) is 104 cm³/mol. The summed E-state index contributed by atoms with van der Waals surface area (Å²) in [6, 6.07) is 0. The molecular formula is C19H32O7S. The SMILES string of the molecule is C=C(C)C(=O)OCC(O)COC(=O)CCSCC(C)(C)C(=O)OCC(C)C. The van der Waals surface area contributed by atoms with Crippen molar-refractivity contribution < 1.29 is 33.7 Å². The van der Waals surface area contributed by atoms with Crippen LogP contribution in [0.3, 0.4) is 0 Å². The molecule has 27 heavy (non-hydrogen) atoms. The number of ether oxygens (including phenoxy) is 3. The normalized spacial score (nSPS) is 12.4. The van der Waals surface area contributed by atoms with Crippen LogP contribution in [0.5, 0.6) is 0 Å². The Morgan fingerprint density at radius 3 is 2.22 bits per heavy atom. The molecule has 0 saturated heterocycles. The topological polar surface area (TPSA) is 99.1 Å². The van der Waals surface area contributed by atoms with E-state index in [1.165, 1.54) is 18.7 Å². The van der Waals surface area contributed by atoms with Crippen molar-refractivity contribution in [1.82, 2.24) is 0 Å². The maximum Gasteiger partial charge on any atom is 0.333 e. The van der Waals surface area contributed by atoms with Gasteiger partial charge in [-0.2, -0.15) is 11.8 Å². The lowest BCUT2D eigenvalue weighted by atomic mass is 9.97. The van der Waals surface area contributed by atoms with Gasteiger partial charge in [-0.15, -0.1) is 0 Å². The predicted octanol–water partition coefficient (Wildman–Crippen LogP) is 2.36. The van der Waals surface area contributed by atoms with Crippen molar-refractivity contribution >= 4 is 29.7 Å². The van der Waals surface area contributed by atoms with Crippen LogP contribution in [0.25, 0.3) is 0 Å². The molecule has 0 aromatic heterocycles. The van der Waals surface area contributed by atoms with Gasteiger partial charge in [0.25, 0.3) is 0 Å². The molecule has 7 nitrogen and oxygen atoms in total. The fraction of sp³-hybridized carbons (Fsp3) is 0.737. The number of hydrogen-bond acceptors (Lipinski definition) is 8. The van der Waals surface area contributed by atoms with E-state index in [1.807, 2.05) is 27.7 Å². The van der Waals surface area contributed by atoms with E-state index in [-0.39, 0.29) is 37.1 Å². The highest BCUT2D eigenvalue weighted by atomic mass is 32.2. The smallest absolute Gasteiger partial charge is 0.333 e. The van der Waals surface area contributed by atoms with Gasteiger partial charge >= 0.3 is 17.9 Å². The lowest BCUT2D eigenvalue weighted by Crippen LogP contribution is -2.30. The Labute approximate surface area is 165 Å². The second kappa shape index (κ2) is 12.8.